The fraction of sp³-hybridized carbons (Fsp3) is 0.375. The Labute approximate surface area is 127 Å². The second-order valence-electron chi connectivity index (χ2n) is 5.58. The summed E-state index contributed by atoms with van der Waals surface area (Å²) in [4.78, 5) is 17.5. The molecule has 2 aromatic heterocycles. The molecule has 1 fully saturated rings. The lowest BCUT2D eigenvalue weighted by Gasteiger charge is -2.38. The number of piperidine rings is 1. The summed E-state index contributed by atoms with van der Waals surface area (Å²) in [6.45, 7) is 2.45. The third kappa shape index (κ3) is 2.62. The van der Waals surface area contributed by atoms with Crippen LogP contribution in [0.3, 0.4) is 0 Å². The molecule has 1 aliphatic heterocycles. The van der Waals surface area contributed by atoms with Crippen molar-refractivity contribution in [2.24, 2.45) is 0 Å². The molecule has 0 saturated carbocycles. The molecule has 1 aliphatic rings. The molecule has 1 saturated heterocycles. The number of likely N-dealkylation sites (tertiary alicyclic amines) is 1. The van der Waals surface area contributed by atoms with Crippen LogP contribution in [0.4, 0.5) is 4.39 Å². The van der Waals surface area contributed by atoms with Gasteiger partial charge in [-0.3, -0.25) is 4.79 Å². The van der Waals surface area contributed by atoms with Crippen molar-refractivity contribution in [1.82, 2.24) is 9.88 Å². The van der Waals surface area contributed by atoms with Gasteiger partial charge >= 0.3 is 0 Å². The zero-order valence-corrected chi connectivity index (χ0v) is 12.3. The third-order valence-corrected chi connectivity index (χ3v) is 4.09. The van der Waals surface area contributed by atoms with E-state index in [-0.39, 0.29) is 30.1 Å². The molecule has 0 radical (unpaired) electrons. The van der Waals surface area contributed by atoms with Crippen molar-refractivity contribution in [3.63, 3.8) is 0 Å². The Bertz CT molecular complexity index is 690. The van der Waals surface area contributed by atoms with E-state index in [0.29, 0.717) is 18.8 Å². The number of hydrogen-bond donors (Lipinski definition) is 1. The van der Waals surface area contributed by atoms with Crippen LogP contribution >= 0.6 is 0 Å². The summed E-state index contributed by atoms with van der Waals surface area (Å²) >= 11 is 0. The molecule has 116 valence electrons. The van der Waals surface area contributed by atoms with Crippen LogP contribution in [0.5, 0.6) is 0 Å². The monoisotopic (exact) mass is 304 g/mol. The molecule has 0 aliphatic carbocycles. The predicted octanol–water partition coefficient (Wildman–Crippen LogP) is 2.25. The summed E-state index contributed by atoms with van der Waals surface area (Å²) in [5.41, 5.74) is -1.09. The lowest BCUT2D eigenvalue weighted by molar-refractivity contribution is -0.0247. The third-order valence-electron chi connectivity index (χ3n) is 4.09. The van der Waals surface area contributed by atoms with Crippen LogP contribution < -0.4 is 0 Å². The van der Waals surface area contributed by atoms with E-state index in [4.69, 9.17) is 4.42 Å². The quantitative estimate of drug-likeness (QED) is 0.864. The number of amides is 1. The molecule has 6 heteroatoms. The van der Waals surface area contributed by atoms with E-state index in [1.54, 1.807) is 30.0 Å². The number of carbonyl (C=O) groups is 1. The maximum atomic E-state index is 13.8. The Balaban J connectivity index is 1.72. The van der Waals surface area contributed by atoms with Crippen molar-refractivity contribution >= 4 is 5.91 Å². The number of rotatable bonds is 2. The number of nitrogens with zero attached hydrogens (tertiary/aromatic N) is 2. The molecule has 1 amide bonds. The highest BCUT2D eigenvalue weighted by molar-refractivity contribution is 5.91. The van der Waals surface area contributed by atoms with Crippen LogP contribution in [0.15, 0.2) is 34.9 Å². The molecule has 3 rings (SSSR count). The van der Waals surface area contributed by atoms with Gasteiger partial charge in [-0.05, 0) is 38.0 Å². The van der Waals surface area contributed by atoms with Gasteiger partial charge in [-0.15, -0.1) is 0 Å². The highest BCUT2D eigenvalue weighted by Crippen LogP contribution is 2.34. The second-order valence-corrected chi connectivity index (χ2v) is 5.58. The first-order valence-corrected chi connectivity index (χ1v) is 7.19. The van der Waals surface area contributed by atoms with E-state index in [1.165, 1.54) is 12.3 Å². The lowest BCUT2D eigenvalue weighted by Crippen LogP contribution is -2.45. The number of aryl methyl sites for hydroxylation is 1. The predicted molar refractivity (Wildman–Crippen MR) is 76.7 cm³/mol. The van der Waals surface area contributed by atoms with Gasteiger partial charge in [-0.25, -0.2) is 4.98 Å². The first-order chi connectivity index (χ1) is 10.5. The van der Waals surface area contributed by atoms with Crippen molar-refractivity contribution in [2.45, 2.75) is 25.4 Å². The first kappa shape index (κ1) is 14.7. The summed E-state index contributed by atoms with van der Waals surface area (Å²) in [5.74, 6) is 0.0954. The van der Waals surface area contributed by atoms with Crippen molar-refractivity contribution in [3.8, 4) is 0 Å². The van der Waals surface area contributed by atoms with E-state index in [9.17, 15) is 14.3 Å². The molecular formula is C16H17FN2O3. The molecule has 22 heavy (non-hydrogen) atoms. The lowest BCUT2D eigenvalue weighted by atomic mass is 9.85. The molecule has 0 atom stereocenters. The van der Waals surface area contributed by atoms with Crippen molar-refractivity contribution in [3.05, 3.63) is 53.5 Å². The number of hydrogen-bond acceptors (Lipinski definition) is 4. The topological polar surface area (TPSA) is 66.6 Å². The summed E-state index contributed by atoms with van der Waals surface area (Å²) < 4.78 is 19.1. The van der Waals surface area contributed by atoms with E-state index in [0.717, 1.165) is 0 Å². The second kappa shape index (κ2) is 5.53. The van der Waals surface area contributed by atoms with Crippen LogP contribution in [-0.4, -0.2) is 34.0 Å². The van der Waals surface area contributed by atoms with Gasteiger partial charge < -0.3 is 14.4 Å². The molecule has 0 unspecified atom stereocenters. The zero-order chi connectivity index (χ0) is 15.7. The van der Waals surface area contributed by atoms with Crippen molar-refractivity contribution < 1.29 is 18.7 Å². The largest absolute Gasteiger partial charge is 0.456 e. The molecule has 5 nitrogen and oxygen atoms in total. The molecule has 0 spiro atoms. The van der Waals surface area contributed by atoms with Gasteiger partial charge in [0.25, 0.3) is 5.91 Å². The summed E-state index contributed by atoms with van der Waals surface area (Å²) in [6, 6.07) is 6.51. The molecule has 0 bridgehead atoms. The number of aliphatic hydroxyl groups is 1. The number of halogens is 1. The minimum Gasteiger partial charge on any atom is -0.456 e. The summed E-state index contributed by atoms with van der Waals surface area (Å²) in [5, 5.41) is 10.7. The number of aromatic nitrogens is 1. The summed E-state index contributed by atoms with van der Waals surface area (Å²) in [6.07, 6.45) is 1.88. The van der Waals surface area contributed by atoms with Crippen LogP contribution in [0.1, 0.15) is 34.7 Å². The van der Waals surface area contributed by atoms with Crippen LogP contribution in [-0.2, 0) is 5.60 Å². The smallest absolute Gasteiger partial charge is 0.289 e. The average Bonchev–Trinajstić information content (AvgIpc) is 2.94. The maximum absolute atomic E-state index is 13.8. The Hall–Kier alpha value is -2.21. The number of carbonyl (C=O) groups excluding carboxylic acids is 1. The Morgan fingerprint density at radius 1 is 1.36 bits per heavy atom. The summed E-state index contributed by atoms with van der Waals surface area (Å²) in [7, 11) is 0. The van der Waals surface area contributed by atoms with Gasteiger partial charge in [0.05, 0.1) is 5.60 Å². The van der Waals surface area contributed by atoms with Crippen molar-refractivity contribution in [2.75, 3.05) is 13.1 Å². The highest BCUT2D eigenvalue weighted by Gasteiger charge is 2.38. The van der Waals surface area contributed by atoms with Crippen LogP contribution in [0.2, 0.25) is 0 Å². The van der Waals surface area contributed by atoms with Gasteiger partial charge in [0.15, 0.2) is 5.76 Å². The fourth-order valence-electron chi connectivity index (χ4n) is 2.79. The Morgan fingerprint density at radius 2 is 2.09 bits per heavy atom. The molecule has 1 N–H and O–H groups in total. The van der Waals surface area contributed by atoms with Crippen LogP contribution in [0.25, 0.3) is 0 Å². The number of pyridine rings is 1. The normalized spacial score (nSPS) is 17.5. The number of furan rings is 1. The highest BCUT2D eigenvalue weighted by atomic mass is 19.1. The van der Waals surface area contributed by atoms with E-state index in [2.05, 4.69) is 4.98 Å². The Morgan fingerprint density at radius 3 is 2.68 bits per heavy atom. The van der Waals surface area contributed by atoms with Gasteiger partial charge in [-0.2, -0.15) is 4.39 Å². The van der Waals surface area contributed by atoms with Gasteiger partial charge in [0.1, 0.15) is 5.76 Å². The molecule has 3 heterocycles. The molecule has 0 aromatic carbocycles. The standard InChI is InChI=1S/C16H17FN2O3/c1-11-4-5-13(22-11)15(20)19-9-6-16(21,7-10-19)12-3-2-8-18-14(12)17/h2-5,8,21H,6-7,9-10H2,1H3. The average molecular weight is 304 g/mol. The SMILES string of the molecule is Cc1ccc(C(=O)N2CCC(O)(c3cccnc3F)CC2)o1. The van der Waals surface area contributed by atoms with Crippen LogP contribution in [0, 0.1) is 12.9 Å². The van der Waals surface area contributed by atoms with Crippen molar-refractivity contribution in [1.29, 1.82) is 0 Å². The maximum Gasteiger partial charge on any atom is 0.289 e. The molecular weight excluding hydrogens is 287 g/mol. The van der Waals surface area contributed by atoms with Gasteiger partial charge in [0, 0.05) is 24.8 Å². The van der Waals surface area contributed by atoms with E-state index < -0.39 is 11.5 Å². The Kier molecular flexibility index (Phi) is 3.70. The van der Waals surface area contributed by atoms with Gasteiger partial charge in [0.2, 0.25) is 5.95 Å². The first-order valence-electron chi connectivity index (χ1n) is 7.19. The molecule has 2 aromatic rings. The van der Waals surface area contributed by atoms with Gasteiger partial charge in [-0.1, -0.05) is 6.07 Å². The van der Waals surface area contributed by atoms with E-state index >= 15 is 0 Å². The minimum atomic E-state index is -1.28. The minimum absolute atomic E-state index is 0.191. The van der Waals surface area contributed by atoms with E-state index in [1.807, 2.05) is 0 Å². The zero-order valence-electron chi connectivity index (χ0n) is 12.3. The fourth-order valence-corrected chi connectivity index (χ4v) is 2.79.